The summed E-state index contributed by atoms with van der Waals surface area (Å²) in [5.41, 5.74) is 0. The van der Waals surface area contributed by atoms with Gasteiger partial charge in [0.15, 0.2) is 0 Å². The summed E-state index contributed by atoms with van der Waals surface area (Å²) in [4.78, 5) is 1.08. The van der Waals surface area contributed by atoms with Crippen LogP contribution in [0.25, 0.3) is 0 Å². The molecular weight excluding hydrogens is 249 g/mol. The first-order chi connectivity index (χ1) is 8.78. The van der Waals surface area contributed by atoms with Crippen LogP contribution in [0.5, 0.6) is 0 Å². The van der Waals surface area contributed by atoms with E-state index in [1.165, 1.54) is 12.1 Å². The number of thioether (sulfide) groups is 1. The summed E-state index contributed by atoms with van der Waals surface area (Å²) in [6.07, 6.45) is 2.55. The van der Waals surface area contributed by atoms with Crippen molar-refractivity contribution in [2.75, 3.05) is 12.8 Å². The molecular formula is C14H16FNOS. The van der Waals surface area contributed by atoms with Gasteiger partial charge < -0.3 is 9.73 Å². The zero-order chi connectivity index (χ0) is 12.8. The fourth-order valence-electron chi connectivity index (χ4n) is 1.64. The van der Waals surface area contributed by atoms with Crippen molar-refractivity contribution in [3.63, 3.8) is 0 Å². The summed E-state index contributed by atoms with van der Waals surface area (Å²) in [5.74, 6) is 1.71. The Bertz CT molecular complexity index is 455. The van der Waals surface area contributed by atoms with Gasteiger partial charge in [-0.05, 0) is 43.4 Å². The molecule has 18 heavy (non-hydrogen) atoms. The standard InChI is InChI=1S/C14H16FNOS/c1-16-12(9-13-3-2-8-17-13)10-18-14-6-4-11(15)5-7-14/h2-8,12,16H,9-10H2,1H3. The molecule has 96 valence electrons. The Morgan fingerprint density at radius 3 is 2.67 bits per heavy atom. The van der Waals surface area contributed by atoms with Gasteiger partial charge in [-0.25, -0.2) is 4.39 Å². The van der Waals surface area contributed by atoms with Crippen LogP contribution in [0.1, 0.15) is 5.76 Å². The molecule has 0 saturated carbocycles. The molecule has 0 radical (unpaired) electrons. The van der Waals surface area contributed by atoms with E-state index in [2.05, 4.69) is 5.32 Å². The molecule has 0 bridgehead atoms. The minimum atomic E-state index is -0.194. The molecule has 4 heteroatoms. The van der Waals surface area contributed by atoms with Crippen molar-refractivity contribution in [3.8, 4) is 0 Å². The Hall–Kier alpha value is -1.26. The van der Waals surface area contributed by atoms with Crippen LogP contribution < -0.4 is 5.32 Å². The van der Waals surface area contributed by atoms with E-state index in [0.29, 0.717) is 6.04 Å². The Morgan fingerprint density at radius 2 is 2.06 bits per heavy atom. The highest BCUT2D eigenvalue weighted by Crippen LogP contribution is 2.20. The highest BCUT2D eigenvalue weighted by molar-refractivity contribution is 7.99. The van der Waals surface area contributed by atoms with Crippen LogP contribution >= 0.6 is 11.8 Å². The average molecular weight is 265 g/mol. The van der Waals surface area contributed by atoms with Crippen molar-refractivity contribution >= 4 is 11.8 Å². The number of hydrogen-bond acceptors (Lipinski definition) is 3. The Balaban J connectivity index is 1.85. The van der Waals surface area contributed by atoms with Crippen LogP contribution in [0.4, 0.5) is 4.39 Å². The lowest BCUT2D eigenvalue weighted by atomic mass is 10.2. The number of likely N-dealkylation sites (N-methyl/N-ethyl adjacent to an activating group) is 1. The second kappa shape index (κ2) is 6.61. The molecule has 1 aromatic carbocycles. The van der Waals surface area contributed by atoms with Gasteiger partial charge in [-0.3, -0.25) is 0 Å². The van der Waals surface area contributed by atoms with Crippen molar-refractivity contribution in [2.24, 2.45) is 0 Å². The minimum absolute atomic E-state index is 0.194. The van der Waals surface area contributed by atoms with Crippen molar-refractivity contribution in [2.45, 2.75) is 17.4 Å². The van der Waals surface area contributed by atoms with Crippen molar-refractivity contribution in [3.05, 3.63) is 54.2 Å². The molecule has 1 atom stereocenters. The van der Waals surface area contributed by atoms with Gasteiger partial charge in [-0.1, -0.05) is 0 Å². The fraction of sp³-hybridized carbons (Fsp3) is 0.286. The van der Waals surface area contributed by atoms with Gasteiger partial charge in [0.25, 0.3) is 0 Å². The summed E-state index contributed by atoms with van der Waals surface area (Å²) in [6.45, 7) is 0. The third-order valence-corrected chi connectivity index (χ3v) is 3.88. The molecule has 2 aromatic rings. The molecule has 0 saturated heterocycles. The maximum absolute atomic E-state index is 12.8. The Labute approximate surface area is 111 Å². The van der Waals surface area contributed by atoms with E-state index in [1.54, 1.807) is 30.2 Å². The number of furan rings is 1. The van der Waals surface area contributed by atoms with Crippen molar-refractivity contribution in [1.29, 1.82) is 0 Å². The molecule has 1 heterocycles. The number of hydrogen-bond donors (Lipinski definition) is 1. The number of rotatable bonds is 6. The molecule has 0 aliphatic rings. The topological polar surface area (TPSA) is 25.2 Å². The van der Waals surface area contributed by atoms with Crippen molar-refractivity contribution < 1.29 is 8.81 Å². The van der Waals surface area contributed by atoms with Gasteiger partial charge in [0, 0.05) is 23.1 Å². The number of halogens is 1. The van der Waals surface area contributed by atoms with E-state index in [-0.39, 0.29) is 5.82 Å². The Morgan fingerprint density at radius 1 is 1.28 bits per heavy atom. The lowest BCUT2D eigenvalue weighted by Gasteiger charge is -2.14. The van der Waals surface area contributed by atoms with E-state index in [9.17, 15) is 4.39 Å². The average Bonchev–Trinajstić information content (AvgIpc) is 2.89. The van der Waals surface area contributed by atoms with E-state index >= 15 is 0 Å². The molecule has 1 unspecified atom stereocenters. The van der Waals surface area contributed by atoms with Crippen LogP contribution in [-0.2, 0) is 6.42 Å². The molecule has 1 N–H and O–H groups in total. The molecule has 2 nitrogen and oxygen atoms in total. The number of nitrogens with one attached hydrogen (secondary N) is 1. The molecule has 0 aliphatic carbocycles. The van der Waals surface area contributed by atoms with E-state index < -0.39 is 0 Å². The summed E-state index contributed by atoms with van der Waals surface area (Å²) >= 11 is 1.71. The summed E-state index contributed by atoms with van der Waals surface area (Å²) in [7, 11) is 1.94. The van der Waals surface area contributed by atoms with Crippen LogP contribution in [0.2, 0.25) is 0 Å². The van der Waals surface area contributed by atoms with Crippen LogP contribution in [0.15, 0.2) is 52.0 Å². The normalized spacial score (nSPS) is 12.6. The van der Waals surface area contributed by atoms with E-state index in [0.717, 1.165) is 22.8 Å². The smallest absolute Gasteiger partial charge is 0.123 e. The van der Waals surface area contributed by atoms with Gasteiger partial charge in [-0.15, -0.1) is 11.8 Å². The molecule has 0 amide bonds. The van der Waals surface area contributed by atoms with Gasteiger partial charge >= 0.3 is 0 Å². The van der Waals surface area contributed by atoms with E-state index in [1.807, 2.05) is 19.2 Å². The molecule has 0 aliphatic heterocycles. The van der Waals surface area contributed by atoms with Gasteiger partial charge in [0.1, 0.15) is 11.6 Å². The van der Waals surface area contributed by atoms with Gasteiger partial charge in [0.05, 0.1) is 6.26 Å². The monoisotopic (exact) mass is 265 g/mol. The highest BCUT2D eigenvalue weighted by atomic mass is 32.2. The van der Waals surface area contributed by atoms with Crippen molar-refractivity contribution in [1.82, 2.24) is 5.32 Å². The zero-order valence-electron chi connectivity index (χ0n) is 10.2. The predicted molar refractivity (Wildman–Crippen MR) is 72.4 cm³/mol. The Kier molecular flexibility index (Phi) is 4.84. The molecule has 0 fully saturated rings. The molecule has 0 spiro atoms. The second-order valence-electron chi connectivity index (χ2n) is 4.03. The predicted octanol–water partition coefficient (Wildman–Crippen LogP) is 3.34. The van der Waals surface area contributed by atoms with Crippen LogP contribution in [0, 0.1) is 5.82 Å². The van der Waals surface area contributed by atoms with Gasteiger partial charge in [-0.2, -0.15) is 0 Å². The maximum Gasteiger partial charge on any atom is 0.123 e. The van der Waals surface area contributed by atoms with Crippen LogP contribution in [-0.4, -0.2) is 18.8 Å². The quantitative estimate of drug-likeness (QED) is 0.811. The third kappa shape index (κ3) is 3.89. The first-order valence-corrected chi connectivity index (χ1v) is 6.84. The first kappa shape index (κ1) is 13.2. The summed E-state index contributed by atoms with van der Waals surface area (Å²) in [6, 6.07) is 10.8. The fourth-order valence-corrected chi connectivity index (χ4v) is 2.65. The molecule has 1 aromatic heterocycles. The maximum atomic E-state index is 12.8. The largest absolute Gasteiger partial charge is 0.469 e. The summed E-state index contributed by atoms with van der Waals surface area (Å²) < 4.78 is 18.1. The van der Waals surface area contributed by atoms with E-state index in [4.69, 9.17) is 4.42 Å². The zero-order valence-corrected chi connectivity index (χ0v) is 11.0. The van der Waals surface area contributed by atoms with Gasteiger partial charge in [0.2, 0.25) is 0 Å². The highest BCUT2D eigenvalue weighted by Gasteiger charge is 2.09. The number of benzene rings is 1. The minimum Gasteiger partial charge on any atom is -0.469 e. The first-order valence-electron chi connectivity index (χ1n) is 5.86. The summed E-state index contributed by atoms with van der Waals surface area (Å²) in [5, 5.41) is 3.27. The lowest BCUT2D eigenvalue weighted by Crippen LogP contribution is -2.29. The van der Waals surface area contributed by atoms with Crippen LogP contribution in [0.3, 0.4) is 0 Å². The second-order valence-corrected chi connectivity index (χ2v) is 5.13. The lowest BCUT2D eigenvalue weighted by molar-refractivity contribution is 0.474. The molecule has 2 rings (SSSR count). The SMILES string of the molecule is CNC(CSc1ccc(F)cc1)Cc1ccco1. The third-order valence-electron chi connectivity index (χ3n) is 2.70.